The topological polar surface area (TPSA) is 64.8 Å². The van der Waals surface area contributed by atoms with Crippen LogP contribution in [0.2, 0.25) is 0 Å². The molecule has 1 aliphatic rings. The molecule has 0 bridgehead atoms. The van der Waals surface area contributed by atoms with Gasteiger partial charge in [0.2, 0.25) is 0 Å². The van der Waals surface area contributed by atoms with Crippen molar-refractivity contribution in [2.45, 2.75) is 26.2 Å². The second-order valence-corrected chi connectivity index (χ2v) is 6.59. The van der Waals surface area contributed by atoms with E-state index in [1.807, 2.05) is 0 Å². The van der Waals surface area contributed by atoms with E-state index in [0.29, 0.717) is 12.8 Å². The molecular formula is C7H10IO4+. The fourth-order valence-corrected chi connectivity index (χ4v) is 4.24. The van der Waals surface area contributed by atoms with E-state index in [4.69, 9.17) is 3.07 Å². The Hall–Kier alpha value is -0.460. The average Bonchev–Trinajstić information content (AvgIpc) is 2.35. The Morgan fingerprint density at radius 1 is 1.67 bits per heavy atom. The summed E-state index contributed by atoms with van der Waals surface area (Å²) >= 11 is -2.54. The van der Waals surface area contributed by atoms with Crippen LogP contribution in [-0.4, -0.2) is 18.3 Å². The first-order chi connectivity index (χ1) is 5.65. The number of halogens is 1. The molecule has 0 unspecified atom stereocenters. The fourth-order valence-electron chi connectivity index (χ4n) is 0.723. The van der Waals surface area contributed by atoms with E-state index in [1.165, 1.54) is 0 Å². The molecule has 0 amide bonds. The Morgan fingerprint density at radius 2 is 2.33 bits per heavy atom. The molecule has 0 radical (unpaired) electrons. The first-order valence-electron chi connectivity index (χ1n) is 3.64. The van der Waals surface area contributed by atoms with Gasteiger partial charge in [0.05, 0.1) is 0 Å². The zero-order valence-corrected chi connectivity index (χ0v) is 8.83. The van der Waals surface area contributed by atoms with Gasteiger partial charge in [0, 0.05) is 0 Å². The zero-order chi connectivity index (χ0) is 9.14. The summed E-state index contributed by atoms with van der Waals surface area (Å²) in [6.07, 6.45) is 0.989. The van der Waals surface area contributed by atoms with Crippen LogP contribution in [0.3, 0.4) is 0 Å². The van der Waals surface area contributed by atoms with E-state index in [-0.39, 0.29) is 20.0 Å². The number of rotatable bonds is 2. The van der Waals surface area contributed by atoms with Crippen LogP contribution < -0.4 is 0 Å². The van der Waals surface area contributed by atoms with Gasteiger partial charge in [0.15, 0.2) is 0 Å². The summed E-state index contributed by atoms with van der Waals surface area (Å²) in [6, 6.07) is 0. The zero-order valence-electron chi connectivity index (χ0n) is 6.67. The normalized spacial score (nSPS) is 19.9. The summed E-state index contributed by atoms with van der Waals surface area (Å²) in [5, 5.41) is 0. The summed E-state index contributed by atoms with van der Waals surface area (Å²) in [7, 11) is 0. The van der Waals surface area contributed by atoms with Crippen LogP contribution in [0.25, 0.3) is 0 Å². The van der Waals surface area contributed by atoms with E-state index in [1.54, 1.807) is 6.92 Å². The van der Waals surface area contributed by atoms with Gasteiger partial charge in [-0.05, 0) is 0 Å². The molecule has 0 aromatic heterocycles. The van der Waals surface area contributed by atoms with Crippen molar-refractivity contribution in [2.75, 3.05) is 0 Å². The van der Waals surface area contributed by atoms with Gasteiger partial charge >= 0.3 is 77.4 Å². The van der Waals surface area contributed by atoms with Gasteiger partial charge in [-0.25, -0.2) is 0 Å². The van der Waals surface area contributed by atoms with Gasteiger partial charge in [-0.3, -0.25) is 0 Å². The van der Waals surface area contributed by atoms with Crippen molar-refractivity contribution >= 4 is 33.8 Å². The van der Waals surface area contributed by atoms with Gasteiger partial charge < -0.3 is 0 Å². The Bertz CT molecular complexity index is 220. The van der Waals surface area contributed by atoms with Crippen molar-refractivity contribution in [2.24, 2.45) is 0 Å². The maximum absolute atomic E-state index is 11.0. The average molecular weight is 285 g/mol. The molecule has 1 rings (SSSR count). The van der Waals surface area contributed by atoms with Crippen LogP contribution in [-0.2, 0) is 12.7 Å². The van der Waals surface area contributed by atoms with Crippen LogP contribution in [0, 0.1) is 0 Å². The summed E-state index contributed by atoms with van der Waals surface area (Å²) in [5.41, 5.74) is 0. The molecule has 12 heavy (non-hydrogen) atoms. The van der Waals surface area contributed by atoms with Gasteiger partial charge in [-0.1, -0.05) is 0 Å². The van der Waals surface area contributed by atoms with Crippen molar-refractivity contribution in [3.05, 3.63) is 0 Å². The van der Waals surface area contributed by atoms with E-state index < -0.39 is 20.2 Å². The molecule has 1 fully saturated rings. The number of hydrogen-bond donors (Lipinski definition) is 0. The van der Waals surface area contributed by atoms with Crippen molar-refractivity contribution in [3.63, 3.8) is 0 Å². The Kier molecular flexibility index (Phi) is 3.19. The molecule has 1 aliphatic heterocycles. The monoisotopic (exact) mass is 285 g/mol. The van der Waals surface area contributed by atoms with E-state index in [2.05, 4.69) is 0 Å². The first kappa shape index (κ1) is 9.63. The SMILES string of the molecule is CCC(=O)OI1C(=O)CCC1=[OH+]. The first-order valence-corrected chi connectivity index (χ1v) is 6.67. The molecule has 0 aromatic rings. The number of carbonyl (C=O) groups is 2. The van der Waals surface area contributed by atoms with Gasteiger partial charge in [0.1, 0.15) is 0 Å². The van der Waals surface area contributed by atoms with Crippen molar-refractivity contribution in [3.8, 4) is 0 Å². The van der Waals surface area contributed by atoms with Gasteiger partial charge in [-0.2, -0.15) is 0 Å². The summed E-state index contributed by atoms with van der Waals surface area (Å²) in [5.74, 6) is -0.387. The maximum atomic E-state index is 11.0. The third-order valence-electron chi connectivity index (χ3n) is 1.37. The van der Waals surface area contributed by atoms with Gasteiger partial charge in [0.25, 0.3) is 0 Å². The predicted octanol–water partition coefficient (Wildman–Crippen LogP) is 1.18. The molecule has 1 heterocycles. The van der Waals surface area contributed by atoms with Crippen molar-refractivity contribution in [1.29, 1.82) is 0 Å². The molecule has 0 aromatic carbocycles. The minimum atomic E-state index is -2.54. The molecule has 1 N–H and O–H groups in total. The van der Waals surface area contributed by atoms with Crippen molar-refractivity contribution in [1.82, 2.24) is 0 Å². The standard InChI is InChI=1S/C7H9IO4/c1-2-7(11)12-8-5(9)3-4-6(8)10/h2-4H2,1H3/p+1. The summed E-state index contributed by atoms with van der Waals surface area (Å²) < 4.78 is 4.94. The van der Waals surface area contributed by atoms with Crippen molar-refractivity contribution < 1.29 is 17.4 Å². The van der Waals surface area contributed by atoms with Crippen LogP contribution >= 0.6 is 20.2 Å². The second kappa shape index (κ2) is 3.97. The second-order valence-electron chi connectivity index (χ2n) is 2.28. The molecule has 4 nitrogen and oxygen atoms in total. The molecule has 1 saturated heterocycles. The molecule has 0 saturated carbocycles. The predicted molar refractivity (Wildman–Crippen MR) is 51.6 cm³/mol. The molecule has 0 spiro atoms. The van der Waals surface area contributed by atoms with Gasteiger partial charge in [-0.15, -0.1) is 0 Å². The van der Waals surface area contributed by atoms with E-state index in [9.17, 15) is 14.4 Å². The number of carbonyl (C=O) groups excluding carboxylic acids is 3. The quantitative estimate of drug-likeness (QED) is 0.435. The molecule has 0 atom stereocenters. The molecule has 0 aliphatic carbocycles. The minimum absolute atomic E-state index is 0.0569. The summed E-state index contributed by atoms with van der Waals surface area (Å²) in [6.45, 7) is 1.66. The van der Waals surface area contributed by atoms with E-state index >= 15 is 0 Å². The fraction of sp³-hybridized carbons (Fsp3) is 0.571. The number of hydrogen-bond acceptors (Lipinski definition) is 3. The Morgan fingerprint density at radius 3 is 2.75 bits per heavy atom. The van der Waals surface area contributed by atoms with Crippen LogP contribution in [0.15, 0.2) is 0 Å². The van der Waals surface area contributed by atoms with Crippen LogP contribution in [0.1, 0.15) is 26.2 Å². The third-order valence-corrected chi connectivity index (χ3v) is 5.60. The molecule has 68 valence electrons. The van der Waals surface area contributed by atoms with Crippen LogP contribution in [0.5, 0.6) is 0 Å². The molecule has 5 heteroatoms. The van der Waals surface area contributed by atoms with E-state index in [0.717, 1.165) is 0 Å². The Balaban J connectivity index is 2.56. The molecular weight excluding hydrogens is 275 g/mol. The van der Waals surface area contributed by atoms with Crippen LogP contribution in [0.4, 0.5) is 0 Å². The Labute approximate surface area is 77.6 Å². The third kappa shape index (κ3) is 2.02. The summed E-state index contributed by atoms with van der Waals surface area (Å²) in [4.78, 5) is 31.0.